The second-order valence-electron chi connectivity index (χ2n) is 5.72. The number of benzene rings is 2. The molecule has 0 N–H and O–H groups in total. The summed E-state index contributed by atoms with van der Waals surface area (Å²) in [6, 6.07) is 15.1. The fraction of sp³-hybridized carbons (Fsp3) is 0.333. The van der Waals surface area contributed by atoms with E-state index in [4.69, 9.17) is 32.7 Å². The topological polar surface area (TPSA) is 21.7 Å². The maximum absolute atomic E-state index is 6.23. The molecule has 5 heteroatoms. The highest BCUT2D eigenvalue weighted by Crippen LogP contribution is 2.29. The molecule has 0 saturated carbocycles. The van der Waals surface area contributed by atoms with Crippen LogP contribution in [0.15, 0.2) is 48.5 Å². The Kier molecular flexibility index (Phi) is 5.44. The van der Waals surface area contributed by atoms with Gasteiger partial charge in [-0.25, -0.2) is 0 Å². The average molecular weight is 352 g/mol. The first-order valence-electron chi connectivity index (χ1n) is 7.59. The highest BCUT2D eigenvalue weighted by molar-refractivity contribution is 6.30. The summed E-state index contributed by atoms with van der Waals surface area (Å²) in [6.07, 6.45) is -0.234. The van der Waals surface area contributed by atoms with Crippen LogP contribution in [-0.2, 0) is 4.74 Å². The van der Waals surface area contributed by atoms with Gasteiger partial charge in [-0.15, -0.1) is 0 Å². The summed E-state index contributed by atoms with van der Waals surface area (Å²) >= 11 is 12.0. The summed E-state index contributed by atoms with van der Waals surface area (Å²) < 4.78 is 12.2. The van der Waals surface area contributed by atoms with Gasteiger partial charge in [-0.1, -0.05) is 35.3 Å². The summed E-state index contributed by atoms with van der Waals surface area (Å²) in [5, 5.41) is 1.40. The lowest BCUT2D eigenvalue weighted by Crippen LogP contribution is -2.44. The molecule has 122 valence electrons. The van der Waals surface area contributed by atoms with E-state index >= 15 is 0 Å². The number of rotatable bonds is 4. The molecule has 2 atom stereocenters. The quantitative estimate of drug-likeness (QED) is 0.812. The molecule has 23 heavy (non-hydrogen) atoms. The molecule has 0 aromatic heterocycles. The van der Waals surface area contributed by atoms with Crippen LogP contribution in [0.3, 0.4) is 0 Å². The normalized spacial score (nSPS) is 20.2. The first kappa shape index (κ1) is 16.6. The molecule has 2 aromatic rings. The molecule has 0 amide bonds. The van der Waals surface area contributed by atoms with E-state index in [1.165, 1.54) is 0 Å². The molecule has 1 aliphatic rings. The number of morpholine rings is 1. The van der Waals surface area contributed by atoms with Crippen LogP contribution in [0, 0.1) is 0 Å². The van der Waals surface area contributed by atoms with Crippen molar-refractivity contribution in [1.29, 1.82) is 0 Å². The van der Waals surface area contributed by atoms with Crippen LogP contribution < -0.4 is 4.74 Å². The minimum atomic E-state index is -0.198. The summed E-state index contributed by atoms with van der Waals surface area (Å²) in [4.78, 5) is 2.25. The van der Waals surface area contributed by atoms with Gasteiger partial charge < -0.3 is 14.4 Å². The van der Waals surface area contributed by atoms with Crippen LogP contribution in [0.5, 0.6) is 5.75 Å². The average Bonchev–Trinajstić information content (AvgIpc) is 2.55. The van der Waals surface area contributed by atoms with Gasteiger partial charge in [0.15, 0.2) is 6.10 Å². The molecule has 3 rings (SSSR count). The Morgan fingerprint density at radius 1 is 1.04 bits per heavy atom. The third-order valence-electron chi connectivity index (χ3n) is 3.91. The van der Waals surface area contributed by atoms with Crippen molar-refractivity contribution in [2.75, 3.05) is 26.7 Å². The Labute approximate surface area is 146 Å². The lowest BCUT2D eigenvalue weighted by atomic mass is 10.0. The van der Waals surface area contributed by atoms with Crippen molar-refractivity contribution in [1.82, 2.24) is 4.90 Å². The standard InChI is InChI=1S/C18H19Cl2NO2/c1-21-10-11-22-17(12-21)18(13-2-4-14(19)5-3-13)23-16-8-6-15(20)7-9-16/h2-9,17-18H,10-12H2,1H3. The summed E-state index contributed by atoms with van der Waals surface area (Å²) in [5.74, 6) is 0.770. The van der Waals surface area contributed by atoms with Crippen molar-refractivity contribution < 1.29 is 9.47 Å². The molecule has 0 spiro atoms. The molecule has 0 aliphatic carbocycles. The first-order valence-corrected chi connectivity index (χ1v) is 8.35. The summed E-state index contributed by atoms with van der Waals surface area (Å²) in [7, 11) is 2.09. The van der Waals surface area contributed by atoms with E-state index in [0.29, 0.717) is 16.7 Å². The maximum atomic E-state index is 6.23. The van der Waals surface area contributed by atoms with Gasteiger partial charge in [0.25, 0.3) is 0 Å². The molecule has 3 nitrogen and oxygen atoms in total. The predicted molar refractivity (Wildman–Crippen MR) is 93.5 cm³/mol. The third-order valence-corrected chi connectivity index (χ3v) is 4.41. The van der Waals surface area contributed by atoms with Crippen molar-refractivity contribution >= 4 is 23.2 Å². The smallest absolute Gasteiger partial charge is 0.151 e. The Morgan fingerprint density at radius 3 is 2.26 bits per heavy atom. The highest BCUT2D eigenvalue weighted by Gasteiger charge is 2.30. The predicted octanol–water partition coefficient (Wildman–Crippen LogP) is 4.44. The van der Waals surface area contributed by atoms with Crippen molar-refractivity contribution in [3.8, 4) is 5.75 Å². The Hall–Kier alpha value is -1.26. The van der Waals surface area contributed by atoms with Crippen LogP contribution in [-0.4, -0.2) is 37.7 Å². The third kappa shape index (κ3) is 4.39. The number of hydrogen-bond acceptors (Lipinski definition) is 3. The minimum absolute atomic E-state index is 0.0365. The molecular formula is C18H19Cl2NO2. The summed E-state index contributed by atoms with van der Waals surface area (Å²) in [5.41, 5.74) is 1.05. The van der Waals surface area contributed by atoms with Gasteiger partial charge in [-0.05, 0) is 49.0 Å². The minimum Gasteiger partial charge on any atom is -0.483 e. The van der Waals surface area contributed by atoms with Crippen LogP contribution in [0.25, 0.3) is 0 Å². The van der Waals surface area contributed by atoms with Crippen LogP contribution >= 0.6 is 23.2 Å². The Balaban J connectivity index is 1.85. The van der Waals surface area contributed by atoms with Gasteiger partial charge in [0.2, 0.25) is 0 Å². The number of ether oxygens (including phenoxy) is 2. The van der Waals surface area contributed by atoms with Gasteiger partial charge in [-0.3, -0.25) is 0 Å². The van der Waals surface area contributed by atoms with Gasteiger partial charge >= 0.3 is 0 Å². The van der Waals surface area contributed by atoms with Crippen molar-refractivity contribution in [2.45, 2.75) is 12.2 Å². The van der Waals surface area contributed by atoms with Gasteiger partial charge in [-0.2, -0.15) is 0 Å². The zero-order valence-electron chi connectivity index (χ0n) is 12.9. The first-order chi connectivity index (χ1) is 11.1. The second kappa shape index (κ2) is 7.54. The number of likely N-dealkylation sites (N-methyl/N-ethyl adjacent to an activating group) is 1. The molecule has 2 unspecified atom stereocenters. The Morgan fingerprint density at radius 2 is 1.65 bits per heavy atom. The zero-order valence-corrected chi connectivity index (χ0v) is 14.4. The van der Waals surface area contributed by atoms with Crippen molar-refractivity contribution in [2.24, 2.45) is 0 Å². The van der Waals surface area contributed by atoms with E-state index < -0.39 is 0 Å². The monoisotopic (exact) mass is 351 g/mol. The van der Waals surface area contributed by atoms with E-state index in [1.54, 1.807) is 0 Å². The second-order valence-corrected chi connectivity index (χ2v) is 6.59. The summed E-state index contributed by atoms with van der Waals surface area (Å²) in [6.45, 7) is 2.46. The maximum Gasteiger partial charge on any atom is 0.151 e. The number of nitrogens with zero attached hydrogens (tertiary/aromatic N) is 1. The van der Waals surface area contributed by atoms with Gasteiger partial charge in [0, 0.05) is 23.1 Å². The van der Waals surface area contributed by atoms with Crippen molar-refractivity contribution in [3.63, 3.8) is 0 Å². The molecule has 2 aromatic carbocycles. The van der Waals surface area contributed by atoms with E-state index in [0.717, 1.165) is 24.4 Å². The van der Waals surface area contributed by atoms with E-state index in [9.17, 15) is 0 Å². The lowest BCUT2D eigenvalue weighted by Gasteiger charge is -2.35. The van der Waals surface area contributed by atoms with Crippen molar-refractivity contribution in [3.05, 3.63) is 64.1 Å². The van der Waals surface area contributed by atoms with Crippen LogP contribution in [0.4, 0.5) is 0 Å². The van der Waals surface area contributed by atoms with Gasteiger partial charge in [0.1, 0.15) is 11.9 Å². The largest absolute Gasteiger partial charge is 0.483 e. The van der Waals surface area contributed by atoms with E-state index in [1.807, 2.05) is 48.5 Å². The lowest BCUT2D eigenvalue weighted by molar-refractivity contribution is -0.0759. The van der Waals surface area contributed by atoms with Crippen LogP contribution in [0.2, 0.25) is 10.0 Å². The van der Waals surface area contributed by atoms with E-state index in [2.05, 4.69) is 11.9 Å². The SMILES string of the molecule is CN1CCOC(C(Oc2ccc(Cl)cc2)c2ccc(Cl)cc2)C1. The fourth-order valence-electron chi connectivity index (χ4n) is 2.67. The van der Waals surface area contributed by atoms with Gasteiger partial charge in [0.05, 0.1) is 6.61 Å². The van der Waals surface area contributed by atoms with Crippen LogP contribution in [0.1, 0.15) is 11.7 Å². The van der Waals surface area contributed by atoms with E-state index in [-0.39, 0.29) is 12.2 Å². The molecule has 1 fully saturated rings. The molecule has 1 aliphatic heterocycles. The number of halogens is 2. The molecular weight excluding hydrogens is 333 g/mol. The molecule has 0 radical (unpaired) electrons. The molecule has 1 heterocycles. The number of hydrogen-bond donors (Lipinski definition) is 0. The zero-order chi connectivity index (χ0) is 16.2. The Bertz CT molecular complexity index is 630. The highest BCUT2D eigenvalue weighted by atomic mass is 35.5. The fourth-order valence-corrected chi connectivity index (χ4v) is 2.92. The molecule has 1 saturated heterocycles. The molecule has 0 bridgehead atoms.